The van der Waals surface area contributed by atoms with Gasteiger partial charge in [-0.05, 0) is 44.9 Å². The van der Waals surface area contributed by atoms with E-state index in [-0.39, 0.29) is 17.5 Å². The van der Waals surface area contributed by atoms with Crippen LogP contribution in [0.25, 0.3) is 11.0 Å². The first kappa shape index (κ1) is 20.1. The van der Waals surface area contributed by atoms with Crippen LogP contribution in [-0.4, -0.2) is 35.6 Å². The highest BCUT2D eigenvalue weighted by atomic mass is 16.5. The Morgan fingerprint density at radius 3 is 2.73 bits per heavy atom. The molecule has 0 spiro atoms. The van der Waals surface area contributed by atoms with Crippen LogP contribution in [0.2, 0.25) is 0 Å². The number of Topliss-reactive ketones (excluding diaryl/α,β-unsaturated/α-hetero) is 1. The van der Waals surface area contributed by atoms with Crippen molar-refractivity contribution in [3.63, 3.8) is 0 Å². The van der Waals surface area contributed by atoms with Crippen molar-refractivity contribution in [1.29, 1.82) is 0 Å². The number of fused-ring (bicyclic) bond motifs is 1. The summed E-state index contributed by atoms with van der Waals surface area (Å²) in [5.41, 5.74) is 1.63. The molecule has 1 atom stereocenters. The number of benzene rings is 1. The number of carbonyl (C=O) groups excluding carboxylic acids is 2. The topological polar surface area (TPSA) is 87.7 Å². The molecular formula is C23H23NO6. The second kappa shape index (κ2) is 8.28. The normalized spacial score (nSPS) is 16.1. The zero-order valence-corrected chi connectivity index (χ0v) is 17.0. The van der Waals surface area contributed by atoms with Crippen LogP contribution in [0.3, 0.4) is 0 Å². The molecule has 156 valence electrons. The minimum absolute atomic E-state index is 0.155. The fraction of sp³-hybridized carbons (Fsp3) is 0.348. The summed E-state index contributed by atoms with van der Waals surface area (Å²) in [5.74, 6) is -1.20. The lowest BCUT2D eigenvalue weighted by Crippen LogP contribution is -2.20. The number of aryl methyl sites for hydroxylation is 1. The van der Waals surface area contributed by atoms with Gasteiger partial charge in [0.05, 0.1) is 6.10 Å². The molecule has 0 bridgehead atoms. The molecule has 30 heavy (non-hydrogen) atoms. The van der Waals surface area contributed by atoms with Gasteiger partial charge < -0.3 is 18.5 Å². The third-order valence-electron chi connectivity index (χ3n) is 5.48. The Labute approximate surface area is 173 Å². The van der Waals surface area contributed by atoms with E-state index < -0.39 is 18.2 Å². The second-order valence-corrected chi connectivity index (χ2v) is 7.52. The summed E-state index contributed by atoms with van der Waals surface area (Å²) in [7, 11) is 0. The van der Waals surface area contributed by atoms with E-state index in [1.54, 1.807) is 30.3 Å². The summed E-state index contributed by atoms with van der Waals surface area (Å²) in [6.45, 7) is 4.83. The lowest BCUT2D eigenvalue weighted by atomic mass is 10.1. The first-order chi connectivity index (χ1) is 14.4. The fourth-order valence-electron chi connectivity index (χ4n) is 3.85. The first-order valence-electron chi connectivity index (χ1n) is 9.95. The number of hydrogen-bond donors (Lipinski definition) is 0. The first-order valence-corrected chi connectivity index (χ1v) is 9.95. The summed E-state index contributed by atoms with van der Waals surface area (Å²) in [5, 5.41) is 0.605. The largest absolute Gasteiger partial charge is 0.453 e. The number of nitrogens with zero attached hydrogens (tertiary/aromatic N) is 1. The maximum Gasteiger partial charge on any atom is 0.351 e. The predicted molar refractivity (Wildman–Crippen MR) is 110 cm³/mol. The molecule has 7 nitrogen and oxygen atoms in total. The average Bonchev–Trinajstić information content (AvgIpc) is 3.35. The standard InChI is InChI=1S/C23H23NO6/c1-14-10-18(15(2)24(14)12-17-7-5-9-28-17)20(25)13-29-22(26)19-11-16-6-3-4-8-21(16)30-23(19)27/h3-4,6,8,10-11,17H,5,7,9,12-13H2,1-2H3/t17-/m1/s1. The summed E-state index contributed by atoms with van der Waals surface area (Å²) in [6, 6.07) is 10.1. The van der Waals surface area contributed by atoms with Crippen molar-refractivity contribution in [3.8, 4) is 0 Å². The molecule has 2 aromatic heterocycles. The van der Waals surface area contributed by atoms with Gasteiger partial charge in [-0.1, -0.05) is 18.2 Å². The van der Waals surface area contributed by atoms with E-state index in [0.29, 0.717) is 23.1 Å². The van der Waals surface area contributed by atoms with E-state index >= 15 is 0 Å². The smallest absolute Gasteiger partial charge is 0.351 e. The average molecular weight is 409 g/mol. The zero-order chi connectivity index (χ0) is 21.3. The van der Waals surface area contributed by atoms with Crippen LogP contribution < -0.4 is 5.63 Å². The van der Waals surface area contributed by atoms with Gasteiger partial charge in [0.25, 0.3) is 0 Å². The van der Waals surface area contributed by atoms with Gasteiger partial charge in [0.2, 0.25) is 5.78 Å². The molecule has 1 fully saturated rings. The SMILES string of the molecule is Cc1cc(C(=O)COC(=O)c2cc3ccccc3oc2=O)c(C)n1C[C@H]1CCCO1. The van der Waals surface area contributed by atoms with E-state index in [4.69, 9.17) is 13.9 Å². The Kier molecular flexibility index (Phi) is 5.55. The molecule has 0 aliphatic carbocycles. The molecule has 7 heteroatoms. The van der Waals surface area contributed by atoms with Crippen LogP contribution >= 0.6 is 0 Å². The molecular weight excluding hydrogens is 386 g/mol. The third-order valence-corrected chi connectivity index (χ3v) is 5.48. The van der Waals surface area contributed by atoms with Crippen LogP contribution in [0.4, 0.5) is 0 Å². The van der Waals surface area contributed by atoms with Crippen molar-refractivity contribution >= 4 is 22.7 Å². The Bertz CT molecular complexity index is 1170. The molecule has 3 heterocycles. The Morgan fingerprint density at radius 1 is 1.17 bits per heavy atom. The van der Waals surface area contributed by atoms with Crippen molar-refractivity contribution in [3.05, 3.63) is 69.3 Å². The number of ether oxygens (including phenoxy) is 2. The van der Waals surface area contributed by atoms with Crippen molar-refractivity contribution in [1.82, 2.24) is 4.57 Å². The monoisotopic (exact) mass is 409 g/mol. The molecule has 3 aromatic rings. The molecule has 1 saturated heterocycles. The van der Waals surface area contributed by atoms with Gasteiger partial charge in [-0.3, -0.25) is 4.79 Å². The Hall–Kier alpha value is -3.19. The number of esters is 1. The van der Waals surface area contributed by atoms with Gasteiger partial charge >= 0.3 is 11.6 Å². The second-order valence-electron chi connectivity index (χ2n) is 7.52. The third kappa shape index (κ3) is 3.93. The van der Waals surface area contributed by atoms with Crippen molar-refractivity contribution in [2.24, 2.45) is 0 Å². The summed E-state index contributed by atoms with van der Waals surface area (Å²) >= 11 is 0. The van der Waals surface area contributed by atoms with Crippen LogP contribution in [0, 0.1) is 13.8 Å². The summed E-state index contributed by atoms with van der Waals surface area (Å²) in [6.07, 6.45) is 2.21. The molecule has 4 rings (SSSR count). The van der Waals surface area contributed by atoms with Gasteiger partial charge in [0.1, 0.15) is 11.1 Å². The number of para-hydroxylation sites is 1. The van der Waals surface area contributed by atoms with Crippen LogP contribution in [-0.2, 0) is 16.0 Å². The Balaban J connectivity index is 1.46. The highest BCUT2D eigenvalue weighted by Gasteiger charge is 2.22. The Morgan fingerprint density at radius 2 is 1.97 bits per heavy atom. The van der Waals surface area contributed by atoms with Crippen LogP contribution in [0.5, 0.6) is 0 Å². The summed E-state index contributed by atoms with van der Waals surface area (Å²) < 4.78 is 18.0. The van der Waals surface area contributed by atoms with E-state index in [0.717, 1.165) is 30.8 Å². The molecule has 0 N–H and O–H groups in total. The molecule has 0 amide bonds. The van der Waals surface area contributed by atoms with Crippen molar-refractivity contribution in [2.45, 2.75) is 39.3 Å². The minimum Gasteiger partial charge on any atom is -0.453 e. The molecule has 0 unspecified atom stereocenters. The maximum absolute atomic E-state index is 12.7. The van der Waals surface area contributed by atoms with Gasteiger partial charge in [0, 0.05) is 35.5 Å². The van der Waals surface area contributed by atoms with Gasteiger partial charge in [0.15, 0.2) is 6.61 Å². The minimum atomic E-state index is -0.879. The highest BCUT2D eigenvalue weighted by Crippen LogP contribution is 2.21. The van der Waals surface area contributed by atoms with E-state index in [1.807, 2.05) is 13.8 Å². The molecule has 1 aliphatic rings. The predicted octanol–water partition coefficient (Wildman–Crippen LogP) is 3.43. The number of hydrogen-bond acceptors (Lipinski definition) is 6. The van der Waals surface area contributed by atoms with Crippen molar-refractivity contribution < 1.29 is 23.5 Å². The van der Waals surface area contributed by atoms with Crippen molar-refractivity contribution in [2.75, 3.05) is 13.2 Å². The molecule has 0 saturated carbocycles. The number of aromatic nitrogens is 1. The van der Waals surface area contributed by atoms with E-state index in [9.17, 15) is 14.4 Å². The number of carbonyl (C=O) groups is 2. The lowest BCUT2D eigenvalue weighted by molar-refractivity contribution is 0.0470. The van der Waals surface area contributed by atoms with Gasteiger partial charge in [-0.25, -0.2) is 9.59 Å². The zero-order valence-electron chi connectivity index (χ0n) is 17.0. The number of rotatable bonds is 6. The van der Waals surface area contributed by atoms with E-state index in [1.165, 1.54) is 6.07 Å². The van der Waals surface area contributed by atoms with Crippen LogP contribution in [0.1, 0.15) is 44.9 Å². The maximum atomic E-state index is 12.7. The quantitative estimate of drug-likeness (QED) is 0.352. The van der Waals surface area contributed by atoms with Crippen LogP contribution in [0.15, 0.2) is 45.6 Å². The number of ketones is 1. The van der Waals surface area contributed by atoms with E-state index in [2.05, 4.69) is 4.57 Å². The van der Waals surface area contributed by atoms with Gasteiger partial charge in [-0.2, -0.15) is 0 Å². The lowest BCUT2D eigenvalue weighted by Gasteiger charge is -2.14. The van der Waals surface area contributed by atoms with Gasteiger partial charge in [-0.15, -0.1) is 0 Å². The summed E-state index contributed by atoms with van der Waals surface area (Å²) in [4.78, 5) is 37.1. The molecule has 1 aliphatic heterocycles. The highest BCUT2D eigenvalue weighted by molar-refractivity contribution is 6.00. The fourth-order valence-corrected chi connectivity index (χ4v) is 3.85. The molecule has 0 radical (unpaired) electrons. The molecule has 1 aromatic carbocycles.